The third-order valence-corrected chi connectivity index (χ3v) is 6.70. The molecule has 1 unspecified atom stereocenters. The van der Waals surface area contributed by atoms with Crippen molar-refractivity contribution in [1.29, 1.82) is 0 Å². The van der Waals surface area contributed by atoms with E-state index < -0.39 is 41.7 Å². The molecule has 5 rings (SSSR count). The van der Waals surface area contributed by atoms with Crippen molar-refractivity contribution in [1.82, 2.24) is 4.90 Å². The smallest absolute Gasteiger partial charge is 0.416 e. The van der Waals surface area contributed by atoms with Crippen molar-refractivity contribution in [2.75, 3.05) is 36.0 Å². The molecule has 0 saturated carbocycles. The first-order chi connectivity index (χ1) is 18.1. The molecule has 0 aliphatic carbocycles. The summed E-state index contributed by atoms with van der Waals surface area (Å²) in [4.78, 5) is 21.7. The summed E-state index contributed by atoms with van der Waals surface area (Å²) in [7, 11) is 0. The van der Waals surface area contributed by atoms with Crippen molar-refractivity contribution in [2.24, 2.45) is 4.99 Å². The van der Waals surface area contributed by atoms with Gasteiger partial charge in [0, 0.05) is 37.4 Å². The molecule has 0 bridgehead atoms. The Morgan fingerprint density at radius 3 is 2.24 bits per heavy atom. The van der Waals surface area contributed by atoms with E-state index >= 15 is 4.39 Å². The zero-order chi connectivity index (χ0) is 27.0. The Balaban J connectivity index is 1.56. The minimum absolute atomic E-state index is 0.173. The van der Waals surface area contributed by atoms with Gasteiger partial charge in [-0.3, -0.25) is 4.79 Å². The van der Waals surface area contributed by atoms with Crippen molar-refractivity contribution < 1.29 is 31.9 Å². The van der Waals surface area contributed by atoms with E-state index in [2.05, 4.69) is 4.99 Å². The quantitative estimate of drug-likeness (QED) is 0.431. The molecular formula is C27H23F5N4O2. The Bertz CT molecular complexity index is 1370. The number of carboxylic acid groups (broad SMARTS) is 1. The molecule has 0 radical (unpaired) electrons. The molecule has 3 aromatic rings. The molecule has 0 spiro atoms. The van der Waals surface area contributed by atoms with Gasteiger partial charge in [0.25, 0.3) is 0 Å². The molecule has 1 N–H and O–H groups in total. The minimum atomic E-state index is -4.73. The molecule has 1 saturated heterocycles. The molecule has 0 aromatic heterocycles. The van der Waals surface area contributed by atoms with Crippen LogP contribution in [-0.2, 0) is 11.0 Å². The lowest BCUT2D eigenvalue weighted by Gasteiger charge is -2.45. The maximum atomic E-state index is 15.2. The summed E-state index contributed by atoms with van der Waals surface area (Å²) in [5, 5.41) is 9.70. The van der Waals surface area contributed by atoms with E-state index in [0.29, 0.717) is 49.6 Å². The molecule has 2 aliphatic rings. The number of halogens is 5. The summed E-state index contributed by atoms with van der Waals surface area (Å²) in [6, 6.07) is 13.9. The highest BCUT2D eigenvalue weighted by Gasteiger charge is 2.39. The molecule has 0 amide bonds. The normalized spacial score (nSPS) is 17.8. The highest BCUT2D eigenvalue weighted by atomic mass is 19.4. The number of rotatable bonds is 4. The molecule has 2 aliphatic heterocycles. The summed E-state index contributed by atoms with van der Waals surface area (Å²) in [5.41, 5.74) is 0.299. The molecule has 3 aromatic carbocycles. The zero-order valence-electron chi connectivity index (χ0n) is 20.0. The molecule has 198 valence electrons. The molecular weight excluding hydrogens is 507 g/mol. The second kappa shape index (κ2) is 9.96. The van der Waals surface area contributed by atoms with Gasteiger partial charge in [-0.1, -0.05) is 18.2 Å². The number of para-hydroxylation sites is 1. The Hall–Kier alpha value is -4.15. The molecule has 1 fully saturated rings. The number of piperazine rings is 1. The second-order valence-electron chi connectivity index (χ2n) is 9.07. The molecule has 2 heterocycles. The zero-order valence-corrected chi connectivity index (χ0v) is 20.0. The number of aliphatic carboxylic acids is 1. The lowest BCUT2D eigenvalue weighted by molar-refractivity contribution is -0.138. The Morgan fingerprint density at radius 2 is 1.58 bits per heavy atom. The number of benzene rings is 3. The van der Waals surface area contributed by atoms with Crippen molar-refractivity contribution in [3.63, 3.8) is 0 Å². The summed E-state index contributed by atoms with van der Waals surface area (Å²) in [6.07, 6.45) is -5.21. The first-order valence-corrected chi connectivity index (χ1v) is 11.9. The lowest BCUT2D eigenvalue weighted by atomic mass is 9.97. The van der Waals surface area contributed by atoms with Crippen LogP contribution >= 0.6 is 0 Å². The van der Waals surface area contributed by atoms with Crippen LogP contribution in [0, 0.1) is 11.6 Å². The van der Waals surface area contributed by atoms with Crippen LogP contribution in [0.4, 0.5) is 39.0 Å². The SMILES string of the molecule is O=C(O)CC1c2ccccc2N=C(N2CCN(c3ccc(F)cc3)CC2)N1c1cc(C(F)(F)F)ccc1F. The maximum absolute atomic E-state index is 15.2. The van der Waals surface area contributed by atoms with Crippen molar-refractivity contribution >= 4 is 29.0 Å². The van der Waals surface area contributed by atoms with E-state index in [9.17, 15) is 27.5 Å². The van der Waals surface area contributed by atoms with Gasteiger partial charge < -0.3 is 19.8 Å². The number of nitrogens with zero attached hydrogens (tertiary/aromatic N) is 4. The third kappa shape index (κ3) is 5.00. The summed E-state index contributed by atoms with van der Waals surface area (Å²) in [5.74, 6) is -2.30. The van der Waals surface area contributed by atoms with Gasteiger partial charge in [0.1, 0.15) is 11.6 Å². The van der Waals surface area contributed by atoms with Gasteiger partial charge in [-0.25, -0.2) is 13.8 Å². The van der Waals surface area contributed by atoms with E-state index in [0.717, 1.165) is 11.8 Å². The van der Waals surface area contributed by atoms with E-state index in [4.69, 9.17) is 0 Å². The number of hydrogen-bond acceptors (Lipinski definition) is 5. The first kappa shape index (κ1) is 25.5. The lowest BCUT2D eigenvalue weighted by Crippen LogP contribution is -2.55. The number of alkyl halides is 3. The maximum Gasteiger partial charge on any atom is 0.416 e. The van der Waals surface area contributed by atoms with E-state index in [-0.39, 0.29) is 11.8 Å². The van der Waals surface area contributed by atoms with Crippen molar-refractivity contribution in [2.45, 2.75) is 18.6 Å². The fourth-order valence-corrected chi connectivity index (χ4v) is 4.87. The van der Waals surface area contributed by atoms with E-state index in [1.165, 1.54) is 17.0 Å². The number of aliphatic imine (C=N–C) groups is 1. The standard InChI is InChI=1S/C27H23F5N4O2/c28-18-6-8-19(9-7-18)34-11-13-35(14-12-34)26-33-22-4-2-1-3-20(22)23(16-25(37)38)36(26)24-15-17(27(30,31)32)5-10-21(24)29/h1-10,15,23H,11-14,16H2,(H,37,38). The van der Waals surface area contributed by atoms with Gasteiger partial charge in [-0.15, -0.1) is 0 Å². The van der Waals surface area contributed by atoms with Crippen LogP contribution in [0.1, 0.15) is 23.6 Å². The van der Waals surface area contributed by atoms with Crippen LogP contribution in [0.15, 0.2) is 71.7 Å². The van der Waals surface area contributed by atoms with Gasteiger partial charge in [0.15, 0.2) is 0 Å². The number of carboxylic acids is 1. The number of fused-ring (bicyclic) bond motifs is 1. The number of hydrogen-bond donors (Lipinski definition) is 1. The third-order valence-electron chi connectivity index (χ3n) is 6.70. The average molecular weight is 530 g/mol. The van der Waals surface area contributed by atoms with Gasteiger partial charge in [0.2, 0.25) is 5.96 Å². The topological polar surface area (TPSA) is 59.4 Å². The highest BCUT2D eigenvalue weighted by Crippen LogP contribution is 2.43. The number of carbonyl (C=O) groups is 1. The van der Waals surface area contributed by atoms with Gasteiger partial charge in [0.05, 0.1) is 29.4 Å². The van der Waals surface area contributed by atoms with E-state index in [1.807, 2.05) is 9.80 Å². The van der Waals surface area contributed by atoms with Crippen LogP contribution < -0.4 is 9.80 Å². The van der Waals surface area contributed by atoms with Crippen molar-refractivity contribution in [3.05, 3.63) is 89.5 Å². The Morgan fingerprint density at radius 1 is 0.921 bits per heavy atom. The van der Waals surface area contributed by atoms with Gasteiger partial charge >= 0.3 is 12.1 Å². The average Bonchev–Trinajstić information content (AvgIpc) is 2.89. The molecule has 38 heavy (non-hydrogen) atoms. The van der Waals surface area contributed by atoms with Crippen LogP contribution in [0.25, 0.3) is 0 Å². The van der Waals surface area contributed by atoms with Gasteiger partial charge in [-0.05, 0) is 48.5 Å². The fourth-order valence-electron chi connectivity index (χ4n) is 4.87. The summed E-state index contributed by atoms with van der Waals surface area (Å²) in [6.45, 7) is 1.70. The van der Waals surface area contributed by atoms with Gasteiger partial charge in [-0.2, -0.15) is 13.2 Å². The summed E-state index contributed by atoms with van der Waals surface area (Å²) < 4.78 is 69.3. The molecule has 11 heteroatoms. The number of anilines is 2. The Kier molecular flexibility index (Phi) is 6.68. The molecule has 6 nitrogen and oxygen atoms in total. The highest BCUT2D eigenvalue weighted by molar-refractivity contribution is 6.01. The molecule has 1 atom stereocenters. The monoisotopic (exact) mass is 530 g/mol. The van der Waals surface area contributed by atoms with Crippen LogP contribution in [0.5, 0.6) is 0 Å². The first-order valence-electron chi connectivity index (χ1n) is 11.9. The van der Waals surface area contributed by atoms with Crippen LogP contribution in [-0.4, -0.2) is 48.1 Å². The Labute approximate surface area is 215 Å². The summed E-state index contributed by atoms with van der Waals surface area (Å²) >= 11 is 0. The van der Waals surface area contributed by atoms with E-state index in [1.54, 1.807) is 36.4 Å². The van der Waals surface area contributed by atoms with Crippen LogP contribution in [0.3, 0.4) is 0 Å². The predicted molar refractivity (Wildman–Crippen MR) is 133 cm³/mol. The predicted octanol–water partition coefficient (Wildman–Crippen LogP) is 5.83. The number of guanidine groups is 1. The van der Waals surface area contributed by atoms with Crippen molar-refractivity contribution in [3.8, 4) is 0 Å². The largest absolute Gasteiger partial charge is 0.481 e. The second-order valence-corrected chi connectivity index (χ2v) is 9.07. The minimum Gasteiger partial charge on any atom is -0.481 e. The van der Waals surface area contributed by atoms with Crippen LogP contribution in [0.2, 0.25) is 0 Å². The fraction of sp³-hybridized carbons (Fsp3) is 0.259.